The van der Waals surface area contributed by atoms with Gasteiger partial charge in [0.25, 0.3) is 0 Å². The van der Waals surface area contributed by atoms with Crippen LogP contribution in [0.1, 0.15) is 17.2 Å². The molecule has 2 aromatic carbocycles. The van der Waals surface area contributed by atoms with Crippen molar-refractivity contribution in [1.82, 2.24) is 0 Å². The Morgan fingerprint density at radius 3 is 2.32 bits per heavy atom. The first-order valence-electron chi connectivity index (χ1n) is 6.25. The Morgan fingerprint density at radius 2 is 1.63 bits per heavy atom. The second-order valence-electron chi connectivity index (χ2n) is 4.48. The molecule has 2 atom stereocenters. The number of carbonyl (C=O) groups excluding carboxylic acids is 1. The lowest BCUT2D eigenvalue weighted by molar-refractivity contribution is -0.146. The van der Waals surface area contributed by atoms with Crippen molar-refractivity contribution in [3.8, 4) is 0 Å². The fourth-order valence-corrected chi connectivity index (χ4v) is 2.00. The molecule has 3 rings (SSSR count). The highest BCUT2D eigenvalue weighted by atomic mass is 16.6. The molecule has 0 bridgehead atoms. The van der Waals surface area contributed by atoms with Crippen LogP contribution in [-0.2, 0) is 20.9 Å². The second kappa shape index (κ2) is 5.24. The van der Waals surface area contributed by atoms with E-state index in [2.05, 4.69) is 0 Å². The Balaban J connectivity index is 1.53. The van der Waals surface area contributed by atoms with E-state index >= 15 is 0 Å². The van der Waals surface area contributed by atoms with Gasteiger partial charge in [-0.2, -0.15) is 0 Å². The smallest absolute Gasteiger partial charge is 0.338 e. The number of benzene rings is 2. The molecule has 1 heterocycles. The minimum absolute atomic E-state index is 0.149. The maximum atomic E-state index is 11.8. The van der Waals surface area contributed by atoms with Gasteiger partial charge in [0, 0.05) is 0 Å². The maximum absolute atomic E-state index is 11.8. The lowest BCUT2D eigenvalue weighted by Gasteiger charge is -2.02. The highest BCUT2D eigenvalue weighted by Gasteiger charge is 2.47. The standard InChI is InChI=1S/C16H14O3/c17-16(18-11-12-7-3-1-4-8-12)15-14(19-15)13-9-5-2-6-10-13/h1-10,14-15H,11H2. The van der Waals surface area contributed by atoms with E-state index in [9.17, 15) is 4.79 Å². The lowest BCUT2D eigenvalue weighted by Crippen LogP contribution is -2.12. The van der Waals surface area contributed by atoms with Gasteiger partial charge in [0.2, 0.25) is 0 Å². The van der Waals surface area contributed by atoms with E-state index in [1.54, 1.807) is 0 Å². The van der Waals surface area contributed by atoms with Crippen molar-refractivity contribution in [2.24, 2.45) is 0 Å². The number of rotatable bonds is 4. The number of hydrogen-bond acceptors (Lipinski definition) is 3. The first-order chi connectivity index (χ1) is 9.34. The van der Waals surface area contributed by atoms with Crippen LogP contribution in [0.15, 0.2) is 60.7 Å². The Morgan fingerprint density at radius 1 is 1.00 bits per heavy atom. The molecule has 96 valence electrons. The third-order valence-electron chi connectivity index (χ3n) is 3.08. The first-order valence-corrected chi connectivity index (χ1v) is 6.25. The topological polar surface area (TPSA) is 38.8 Å². The molecule has 3 heteroatoms. The van der Waals surface area contributed by atoms with Crippen molar-refractivity contribution >= 4 is 5.97 Å². The number of ether oxygens (including phenoxy) is 2. The SMILES string of the molecule is O=C(OCc1ccccc1)C1OC1c1ccccc1. The van der Waals surface area contributed by atoms with Crippen molar-refractivity contribution in [3.63, 3.8) is 0 Å². The highest BCUT2D eigenvalue weighted by molar-refractivity contribution is 5.78. The Bertz CT molecular complexity index is 551. The molecule has 0 amide bonds. The van der Waals surface area contributed by atoms with E-state index in [4.69, 9.17) is 9.47 Å². The van der Waals surface area contributed by atoms with Gasteiger partial charge >= 0.3 is 5.97 Å². The lowest BCUT2D eigenvalue weighted by atomic mass is 10.1. The van der Waals surface area contributed by atoms with Crippen molar-refractivity contribution in [3.05, 3.63) is 71.8 Å². The largest absolute Gasteiger partial charge is 0.459 e. The molecule has 0 aliphatic carbocycles. The number of hydrogen-bond donors (Lipinski definition) is 0. The summed E-state index contributed by atoms with van der Waals surface area (Å²) >= 11 is 0. The van der Waals surface area contributed by atoms with Crippen molar-refractivity contribution in [2.45, 2.75) is 18.8 Å². The summed E-state index contributed by atoms with van der Waals surface area (Å²) in [5, 5.41) is 0. The van der Waals surface area contributed by atoms with Crippen molar-refractivity contribution in [2.75, 3.05) is 0 Å². The molecule has 0 saturated carbocycles. The van der Waals surface area contributed by atoms with E-state index in [0.717, 1.165) is 11.1 Å². The molecule has 1 saturated heterocycles. The van der Waals surface area contributed by atoms with Crippen molar-refractivity contribution in [1.29, 1.82) is 0 Å². The Kier molecular flexibility index (Phi) is 3.29. The predicted octanol–water partition coefficient (Wildman–Crippen LogP) is 2.87. The zero-order valence-corrected chi connectivity index (χ0v) is 10.4. The minimum Gasteiger partial charge on any atom is -0.459 e. The number of carbonyl (C=O) groups is 1. The van der Waals surface area contributed by atoms with Crippen LogP contribution in [0.4, 0.5) is 0 Å². The molecule has 0 radical (unpaired) electrons. The summed E-state index contributed by atoms with van der Waals surface area (Å²) in [5.74, 6) is -0.294. The average molecular weight is 254 g/mol. The molecule has 3 nitrogen and oxygen atoms in total. The van der Waals surface area contributed by atoms with Crippen LogP contribution in [0.25, 0.3) is 0 Å². The molecule has 2 aromatic rings. The quantitative estimate of drug-likeness (QED) is 0.622. The summed E-state index contributed by atoms with van der Waals surface area (Å²) in [4.78, 5) is 11.8. The number of esters is 1. The average Bonchev–Trinajstić information content (AvgIpc) is 3.27. The third-order valence-corrected chi connectivity index (χ3v) is 3.08. The molecule has 19 heavy (non-hydrogen) atoms. The van der Waals surface area contributed by atoms with Gasteiger partial charge in [-0.3, -0.25) is 0 Å². The fraction of sp³-hybridized carbons (Fsp3) is 0.188. The van der Waals surface area contributed by atoms with Crippen LogP contribution in [0, 0.1) is 0 Å². The van der Waals surface area contributed by atoms with E-state index < -0.39 is 6.10 Å². The van der Waals surface area contributed by atoms with Gasteiger partial charge in [0.05, 0.1) is 0 Å². The summed E-state index contributed by atoms with van der Waals surface area (Å²) < 4.78 is 10.6. The van der Waals surface area contributed by atoms with Gasteiger partial charge in [0.1, 0.15) is 12.7 Å². The molecule has 0 spiro atoms. The molecule has 0 N–H and O–H groups in total. The normalized spacial score (nSPS) is 20.8. The van der Waals surface area contributed by atoms with E-state index in [0.29, 0.717) is 6.61 Å². The summed E-state index contributed by atoms with van der Waals surface area (Å²) in [6.07, 6.45) is -0.601. The summed E-state index contributed by atoms with van der Waals surface area (Å²) in [6.45, 7) is 0.293. The zero-order chi connectivity index (χ0) is 13.1. The van der Waals surface area contributed by atoms with Crippen molar-refractivity contribution < 1.29 is 14.3 Å². The number of epoxide rings is 1. The van der Waals surface area contributed by atoms with Crippen LogP contribution in [0.3, 0.4) is 0 Å². The molecular formula is C16H14O3. The van der Waals surface area contributed by atoms with Gasteiger partial charge in [-0.25, -0.2) is 4.79 Å². The predicted molar refractivity (Wildman–Crippen MR) is 70.3 cm³/mol. The third kappa shape index (κ3) is 2.83. The Hall–Kier alpha value is -2.13. The van der Waals surface area contributed by atoms with Crippen LogP contribution in [0.2, 0.25) is 0 Å². The second-order valence-corrected chi connectivity index (χ2v) is 4.48. The molecular weight excluding hydrogens is 240 g/mol. The molecule has 1 aliphatic rings. The van der Waals surface area contributed by atoms with Crippen LogP contribution in [0.5, 0.6) is 0 Å². The van der Waals surface area contributed by atoms with Gasteiger partial charge in [-0.1, -0.05) is 60.7 Å². The van der Waals surface area contributed by atoms with E-state index in [1.165, 1.54) is 0 Å². The molecule has 1 aliphatic heterocycles. The zero-order valence-electron chi connectivity index (χ0n) is 10.4. The fourth-order valence-electron chi connectivity index (χ4n) is 2.00. The summed E-state index contributed by atoms with van der Waals surface area (Å²) in [6, 6.07) is 19.3. The monoisotopic (exact) mass is 254 g/mol. The molecule has 2 unspecified atom stereocenters. The van der Waals surface area contributed by atoms with Gasteiger partial charge in [-0.05, 0) is 11.1 Å². The van der Waals surface area contributed by atoms with Crippen LogP contribution < -0.4 is 0 Å². The summed E-state index contributed by atoms with van der Waals surface area (Å²) in [5.41, 5.74) is 2.00. The summed E-state index contributed by atoms with van der Waals surface area (Å²) in [7, 11) is 0. The van der Waals surface area contributed by atoms with E-state index in [1.807, 2.05) is 60.7 Å². The minimum atomic E-state index is -0.453. The van der Waals surface area contributed by atoms with E-state index in [-0.39, 0.29) is 12.1 Å². The highest BCUT2D eigenvalue weighted by Crippen LogP contribution is 2.39. The van der Waals surface area contributed by atoms with Gasteiger partial charge in [-0.15, -0.1) is 0 Å². The molecule has 0 aromatic heterocycles. The first kappa shape index (κ1) is 11.9. The molecule has 1 fully saturated rings. The van der Waals surface area contributed by atoms with Gasteiger partial charge in [0.15, 0.2) is 6.10 Å². The Labute approximate surface area is 111 Å². The van der Waals surface area contributed by atoms with Crippen LogP contribution in [-0.4, -0.2) is 12.1 Å². The van der Waals surface area contributed by atoms with Gasteiger partial charge < -0.3 is 9.47 Å². The maximum Gasteiger partial charge on any atom is 0.338 e. The van der Waals surface area contributed by atoms with Crippen LogP contribution >= 0.6 is 0 Å².